The molecule has 1 N–H and O–H groups in total. The second kappa shape index (κ2) is 7.87. The van der Waals surface area contributed by atoms with Crippen molar-refractivity contribution in [3.8, 4) is 0 Å². The van der Waals surface area contributed by atoms with Crippen molar-refractivity contribution in [3.05, 3.63) is 29.3 Å². The Morgan fingerprint density at radius 3 is 2.69 bits per heavy atom. The van der Waals surface area contributed by atoms with Crippen LogP contribution in [0, 0.1) is 0 Å². The van der Waals surface area contributed by atoms with Gasteiger partial charge in [0.2, 0.25) is 5.91 Å². The van der Waals surface area contributed by atoms with Crippen LogP contribution in [0.15, 0.2) is 29.2 Å². The Labute approximate surface area is 110 Å². The van der Waals surface area contributed by atoms with Crippen LogP contribution >= 0.6 is 35.1 Å². The van der Waals surface area contributed by atoms with Gasteiger partial charge in [-0.25, -0.2) is 0 Å². The number of halogens is 1. The van der Waals surface area contributed by atoms with E-state index in [4.69, 9.17) is 11.6 Å². The molecule has 0 heterocycles. The molecule has 0 atom stereocenters. The highest BCUT2D eigenvalue weighted by atomic mass is 35.5. The number of thioether (sulfide) groups is 2. The largest absolute Gasteiger partial charge is 0.355 e. The standard InChI is InChI=1S/C11H14ClNOS2/c1-15-7-6-13-11(14)8-16-10-4-2-9(12)3-5-10/h2-5H,6-8H2,1H3,(H,13,14). The predicted molar refractivity (Wildman–Crippen MR) is 73.6 cm³/mol. The molecule has 1 aromatic rings. The van der Waals surface area contributed by atoms with Gasteiger partial charge in [0.15, 0.2) is 0 Å². The Morgan fingerprint density at radius 1 is 1.38 bits per heavy atom. The zero-order valence-electron chi connectivity index (χ0n) is 9.03. The zero-order chi connectivity index (χ0) is 11.8. The molecule has 0 aliphatic carbocycles. The molecule has 1 rings (SSSR count). The van der Waals surface area contributed by atoms with Gasteiger partial charge in [0.1, 0.15) is 0 Å². The van der Waals surface area contributed by atoms with Crippen molar-refractivity contribution in [1.29, 1.82) is 0 Å². The van der Waals surface area contributed by atoms with Crippen molar-refractivity contribution < 1.29 is 4.79 Å². The van der Waals surface area contributed by atoms with Gasteiger partial charge < -0.3 is 5.32 Å². The smallest absolute Gasteiger partial charge is 0.230 e. The summed E-state index contributed by atoms with van der Waals surface area (Å²) in [5.74, 6) is 1.49. The molecule has 0 radical (unpaired) electrons. The molecule has 0 aliphatic rings. The number of carbonyl (C=O) groups excluding carboxylic acids is 1. The van der Waals surface area contributed by atoms with Crippen LogP contribution in [0.2, 0.25) is 5.02 Å². The lowest BCUT2D eigenvalue weighted by Crippen LogP contribution is -2.27. The quantitative estimate of drug-likeness (QED) is 0.639. The van der Waals surface area contributed by atoms with Gasteiger partial charge in [0.05, 0.1) is 5.75 Å². The van der Waals surface area contributed by atoms with Crippen molar-refractivity contribution in [2.45, 2.75) is 4.90 Å². The first-order valence-corrected chi connectivity index (χ1v) is 7.62. The van der Waals surface area contributed by atoms with Crippen molar-refractivity contribution >= 4 is 41.0 Å². The van der Waals surface area contributed by atoms with E-state index in [-0.39, 0.29) is 5.91 Å². The van der Waals surface area contributed by atoms with Gasteiger partial charge >= 0.3 is 0 Å². The average Bonchev–Trinajstić information content (AvgIpc) is 2.29. The Balaban J connectivity index is 2.23. The van der Waals surface area contributed by atoms with Crippen molar-refractivity contribution in [1.82, 2.24) is 5.32 Å². The van der Waals surface area contributed by atoms with Gasteiger partial charge in [0, 0.05) is 22.2 Å². The van der Waals surface area contributed by atoms with Crippen LogP contribution in [0.25, 0.3) is 0 Å². The Morgan fingerprint density at radius 2 is 2.06 bits per heavy atom. The maximum absolute atomic E-state index is 11.4. The van der Waals surface area contributed by atoms with Crippen LogP contribution in [0.4, 0.5) is 0 Å². The summed E-state index contributed by atoms with van der Waals surface area (Å²) in [6, 6.07) is 7.50. The highest BCUT2D eigenvalue weighted by molar-refractivity contribution is 8.00. The van der Waals surface area contributed by atoms with Crippen LogP contribution < -0.4 is 5.32 Å². The number of hydrogen-bond acceptors (Lipinski definition) is 3. The van der Waals surface area contributed by atoms with Crippen LogP contribution in [-0.2, 0) is 4.79 Å². The molecule has 5 heteroatoms. The third kappa shape index (κ3) is 5.68. The lowest BCUT2D eigenvalue weighted by Gasteiger charge is -2.04. The van der Waals surface area contributed by atoms with E-state index in [0.717, 1.165) is 17.2 Å². The van der Waals surface area contributed by atoms with Crippen LogP contribution in [-0.4, -0.2) is 30.2 Å². The third-order valence-corrected chi connectivity index (χ3v) is 3.69. The minimum atomic E-state index is 0.0778. The fraction of sp³-hybridized carbons (Fsp3) is 0.364. The first kappa shape index (κ1) is 13.7. The van der Waals surface area contributed by atoms with Crippen molar-refractivity contribution in [3.63, 3.8) is 0 Å². The lowest BCUT2D eigenvalue weighted by molar-refractivity contribution is -0.118. The maximum atomic E-state index is 11.4. The van der Waals surface area contributed by atoms with E-state index in [9.17, 15) is 4.79 Å². The van der Waals surface area contributed by atoms with Crippen LogP contribution in [0.1, 0.15) is 0 Å². The summed E-state index contributed by atoms with van der Waals surface area (Å²) < 4.78 is 0. The number of hydrogen-bond donors (Lipinski definition) is 1. The van der Waals surface area contributed by atoms with E-state index in [1.165, 1.54) is 11.8 Å². The number of rotatable bonds is 6. The molecule has 0 unspecified atom stereocenters. The fourth-order valence-corrected chi connectivity index (χ4v) is 2.18. The molecule has 0 aliphatic heterocycles. The number of carbonyl (C=O) groups is 1. The van der Waals surface area contributed by atoms with Crippen LogP contribution in [0.3, 0.4) is 0 Å². The second-order valence-electron chi connectivity index (χ2n) is 3.09. The van der Waals surface area contributed by atoms with Gasteiger partial charge in [-0.1, -0.05) is 11.6 Å². The van der Waals surface area contributed by atoms with Gasteiger partial charge in [-0.05, 0) is 30.5 Å². The summed E-state index contributed by atoms with van der Waals surface area (Å²) in [5.41, 5.74) is 0. The minimum absolute atomic E-state index is 0.0778. The van der Waals surface area contributed by atoms with Gasteiger partial charge in [-0.2, -0.15) is 11.8 Å². The zero-order valence-corrected chi connectivity index (χ0v) is 11.4. The summed E-state index contributed by atoms with van der Waals surface area (Å²) in [5, 5.41) is 3.57. The monoisotopic (exact) mass is 275 g/mol. The molecule has 88 valence electrons. The second-order valence-corrected chi connectivity index (χ2v) is 5.56. The lowest BCUT2D eigenvalue weighted by atomic mass is 10.4. The van der Waals surface area contributed by atoms with Crippen molar-refractivity contribution in [2.75, 3.05) is 24.3 Å². The first-order chi connectivity index (χ1) is 7.72. The van der Waals surface area contributed by atoms with Crippen LogP contribution in [0.5, 0.6) is 0 Å². The molecule has 0 saturated heterocycles. The van der Waals surface area contributed by atoms with E-state index >= 15 is 0 Å². The Kier molecular flexibility index (Phi) is 6.76. The third-order valence-electron chi connectivity index (χ3n) is 1.81. The van der Waals surface area contributed by atoms with Gasteiger partial charge in [0.25, 0.3) is 0 Å². The molecule has 16 heavy (non-hydrogen) atoms. The Hall–Kier alpha value is -0.320. The molecule has 1 amide bonds. The molecule has 0 aromatic heterocycles. The number of nitrogens with one attached hydrogen (secondary N) is 1. The minimum Gasteiger partial charge on any atom is -0.355 e. The molecule has 2 nitrogen and oxygen atoms in total. The van der Waals surface area contributed by atoms with Crippen molar-refractivity contribution in [2.24, 2.45) is 0 Å². The SMILES string of the molecule is CSCCNC(=O)CSc1ccc(Cl)cc1. The molecule has 1 aromatic carbocycles. The topological polar surface area (TPSA) is 29.1 Å². The van der Waals surface area contributed by atoms with E-state index in [0.29, 0.717) is 10.8 Å². The van der Waals surface area contributed by atoms with E-state index < -0.39 is 0 Å². The summed E-state index contributed by atoms with van der Waals surface area (Å²) >= 11 is 9.01. The van der Waals surface area contributed by atoms with E-state index in [2.05, 4.69) is 5.32 Å². The summed E-state index contributed by atoms with van der Waals surface area (Å²) in [6.07, 6.45) is 2.02. The number of amides is 1. The highest BCUT2D eigenvalue weighted by Gasteiger charge is 2.01. The molecular formula is C11H14ClNOS2. The van der Waals surface area contributed by atoms with E-state index in [1.807, 2.05) is 30.5 Å². The molecule has 0 saturated carbocycles. The highest BCUT2D eigenvalue weighted by Crippen LogP contribution is 2.19. The van der Waals surface area contributed by atoms with Gasteiger partial charge in [-0.3, -0.25) is 4.79 Å². The van der Waals surface area contributed by atoms with E-state index in [1.54, 1.807) is 11.8 Å². The normalized spacial score (nSPS) is 10.1. The molecular weight excluding hydrogens is 262 g/mol. The molecule has 0 fully saturated rings. The molecule has 0 bridgehead atoms. The average molecular weight is 276 g/mol. The number of benzene rings is 1. The fourth-order valence-electron chi connectivity index (χ4n) is 1.02. The molecule has 0 spiro atoms. The maximum Gasteiger partial charge on any atom is 0.230 e. The summed E-state index contributed by atoms with van der Waals surface area (Å²) in [7, 11) is 0. The predicted octanol–water partition coefficient (Wildman–Crippen LogP) is 2.91. The summed E-state index contributed by atoms with van der Waals surface area (Å²) in [4.78, 5) is 12.5. The Bertz CT molecular complexity index is 329. The first-order valence-electron chi connectivity index (χ1n) is 4.86. The van der Waals surface area contributed by atoms with Gasteiger partial charge in [-0.15, -0.1) is 11.8 Å². The summed E-state index contributed by atoms with van der Waals surface area (Å²) in [6.45, 7) is 0.737.